The van der Waals surface area contributed by atoms with Crippen LogP contribution in [0.25, 0.3) is 16.7 Å². The molecule has 2 heterocycles. The predicted molar refractivity (Wildman–Crippen MR) is 101 cm³/mol. The van der Waals surface area contributed by atoms with Gasteiger partial charge in [-0.15, -0.1) is 0 Å². The lowest BCUT2D eigenvalue weighted by molar-refractivity contribution is 0.624. The third-order valence-electron chi connectivity index (χ3n) is 4.60. The molecule has 2 aromatic carbocycles. The van der Waals surface area contributed by atoms with Crippen LogP contribution < -0.4 is 0 Å². The largest absolute Gasteiger partial charge is 0.328 e. The van der Waals surface area contributed by atoms with Crippen molar-refractivity contribution in [3.8, 4) is 11.8 Å². The summed E-state index contributed by atoms with van der Waals surface area (Å²) in [7, 11) is 0. The summed E-state index contributed by atoms with van der Waals surface area (Å²) < 4.78 is 17.5. The van der Waals surface area contributed by atoms with Crippen molar-refractivity contribution >= 4 is 11.0 Å². The van der Waals surface area contributed by atoms with Crippen LogP contribution in [0.2, 0.25) is 0 Å². The fourth-order valence-corrected chi connectivity index (χ4v) is 3.38. The van der Waals surface area contributed by atoms with Gasteiger partial charge in [-0.3, -0.25) is 0 Å². The third-order valence-corrected chi connectivity index (χ3v) is 4.60. The van der Waals surface area contributed by atoms with Gasteiger partial charge < -0.3 is 4.57 Å². The van der Waals surface area contributed by atoms with E-state index in [4.69, 9.17) is 10.2 Å². The lowest BCUT2D eigenvalue weighted by Crippen LogP contribution is -2.07. The van der Waals surface area contributed by atoms with Crippen molar-refractivity contribution in [3.05, 3.63) is 77.6 Å². The molecule has 0 N–H and O–H groups in total. The quantitative estimate of drug-likeness (QED) is 0.540. The second-order valence-corrected chi connectivity index (χ2v) is 6.32. The molecule has 0 aliphatic heterocycles. The summed E-state index contributed by atoms with van der Waals surface area (Å²) in [5, 5.41) is 13.3. The van der Waals surface area contributed by atoms with Crippen LogP contribution in [-0.2, 0) is 19.4 Å². The summed E-state index contributed by atoms with van der Waals surface area (Å²) in [6, 6.07) is 16.4. The van der Waals surface area contributed by atoms with Gasteiger partial charge in [-0.25, -0.2) is 14.1 Å². The van der Waals surface area contributed by atoms with Gasteiger partial charge in [-0.05, 0) is 48.9 Å². The Morgan fingerprint density at radius 1 is 1.15 bits per heavy atom. The van der Waals surface area contributed by atoms with E-state index in [1.54, 1.807) is 16.9 Å². The number of hydrogen-bond donors (Lipinski definition) is 0. The predicted octanol–water partition coefficient (Wildman–Crippen LogP) is 4.04. The monoisotopic (exact) mass is 359 g/mol. The van der Waals surface area contributed by atoms with Crippen LogP contribution in [0.3, 0.4) is 0 Å². The molecule has 0 fully saturated rings. The molecule has 0 bridgehead atoms. The van der Waals surface area contributed by atoms with Crippen molar-refractivity contribution in [1.29, 1.82) is 5.26 Å². The molecule has 0 amide bonds. The third kappa shape index (κ3) is 3.20. The van der Waals surface area contributed by atoms with E-state index >= 15 is 0 Å². The van der Waals surface area contributed by atoms with Crippen molar-refractivity contribution in [1.82, 2.24) is 19.3 Å². The molecule has 2 aromatic heterocycles. The molecule has 4 aromatic rings. The number of aryl methyl sites for hydroxylation is 1. The van der Waals surface area contributed by atoms with E-state index in [0.29, 0.717) is 18.5 Å². The fourth-order valence-electron chi connectivity index (χ4n) is 3.38. The number of halogens is 1. The highest BCUT2D eigenvalue weighted by molar-refractivity contribution is 5.77. The molecule has 134 valence electrons. The molecule has 0 unspecified atom stereocenters. The Kier molecular flexibility index (Phi) is 4.43. The number of rotatable bonds is 5. The Bertz CT molecular complexity index is 1150. The van der Waals surface area contributed by atoms with E-state index in [2.05, 4.69) is 22.7 Å². The average molecular weight is 359 g/mol. The molecule has 0 aliphatic carbocycles. The molecular weight excluding hydrogens is 341 g/mol. The number of imidazole rings is 1. The smallest absolute Gasteiger partial charge is 0.125 e. The Balaban J connectivity index is 1.74. The lowest BCUT2D eigenvalue weighted by Gasteiger charge is -2.09. The second-order valence-electron chi connectivity index (χ2n) is 6.32. The lowest BCUT2D eigenvalue weighted by atomic mass is 10.1. The van der Waals surface area contributed by atoms with E-state index in [1.165, 1.54) is 12.1 Å². The number of nitrogens with zero attached hydrogens (tertiary/aromatic N) is 5. The van der Waals surface area contributed by atoms with Gasteiger partial charge in [-0.2, -0.15) is 10.4 Å². The first-order valence-corrected chi connectivity index (χ1v) is 8.83. The molecule has 6 heteroatoms. The van der Waals surface area contributed by atoms with Crippen molar-refractivity contribution in [2.75, 3.05) is 0 Å². The van der Waals surface area contributed by atoms with Crippen LogP contribution in [0.15, 0.2) is 54.7 Å². The standard InChI is InChI=1S/C21H18FN5/c1-2-26-20-7-6-15(8-10-23)12-19(20)25-21(26)14-18-9-11-24-27(18)17-5-3-4-16(22)13-17/h3-7,9,11-13H,2,8,14H2,1H3. The molecular formula is C21H18FN5. The highest BCUT2D eigenvalue weighted by Crippen LogP contribution is 2.21. The van der Waals surface area contributed by atoms with Gasteiger partial charge in [0, 0.05) is 19.2 Å². The molecule has 0 saturated carbocycles. The molecule has 0 aliphatic rings. The topological polar surface area (TPSA) is 59.4 Å². The fraction of sp³-hybridized carbons (Fsp3) is 0.190. The molecule has 0 atom stereocenters. The van der Waals surface area contributed by atoms with Crippen LogP contribution in [0, 0.1) is 17.1 Å². The normalized spacial score (nSPS) is 11.0. The number of hydrogen-bond acceptors (Lipinski definition) is 3. The van der Waals surface area contributed by atoms with Crippen LogP contribution in [-0.4, -0.2) is 19.3 Å². The van der Waals surface area contributed by atoms with Crippen molar-refractivity contribution < 1.29 is 4.39 Å². The maximum atomic E-state index is 13.6. The Labute approximate surface area is 156 Å². The molecule has 5 nitrogen and oxygen atoms in total. The van der Waals surface area contributed by atoms with Gasteiger partial charge in [0.2, 0.25) is 0 Å². The van der Waals surface area contributed by atoms with Crippen molar-refractivity contribution in [2.24, 2.45) is 0 Å². The van der Waals surface area contributed by atoms with E-state index < -0.39 is 0 Å². The first-order chi connectivity index (χ1) is 13.2. The average Bonchev–Trinajstić information content (AvgIpc) is 3.25. The Morgan fingerprint density at radius 3 is 2.81 bits per heavy atom. The molecule has 4 rings (SSSR count). The van der Waals surface area contributed by atoms with E-state index in [0.717, 1.165) is 34.7 Å². The number of nitriles is 1. The maximum Gasteiger partial charge on any atom is 0.125 e. The van der Waals surface area contributed by atoms with Gasteiger partial charge in [0.05, 0.1) is 34.9 Å². The summed E-state index contributed by atoms with van der Waals surface area (Å²) in [5.41, 5.74) is 4.51. The minimum Gasteiger partial charge on any atom is -0.328 e. The zero-order valence-electron chi connectivity index (χ0n) is 14.9. The SMILES string of the molecule is CCn1c(Cc2ccnn2-c2cccc(F)c2)nc2cc(CC#N)ccc21. The van der Waals surface area contributed by atoms with Crippen molar-refractivity contribution in [2.45, 2.75) is 26.3 Å². The van der Waals surface area contributed by atoms with Crippen LogP contribution >= 0.6 is 0 Å². The number of aromatic nitrogens is 4. The number of benzene rings is 2. The molecule has 0 spiro atoms. The van der Waals surface area contributed by atoms with E-state index in [1.807, 2.05) is 30.3 Å². The minimum absolute atomic E-state index is 0.292. The number of fused-ring (bicyclic) bond motifs is 1. The van der Waals surface area contributed by atoms with Crippen LogP contribution in [0.1, 0.15) is 24.0 Å². The van der Waals surface area contributed by atoms with E-state index in [9.17, 15) is 4.39 Å². The van der Waals surface area contributed by atoms with Crippen LogP contribution in [0.4, 0.5) is 4.39 Å². The summed E-state index contributed by atoms with van der Waals surface area (Å²) in [6.45, 7) is 2.87. The maximum absolute atomic E-state index is 13.6. The van der Waals surface area contributed by atoms with Gasteiger partial charge in [0.1, 0.15) is 11.6 Å². The summed E-state index contributed by atoms with van der Waals surface area (Å²) in [4.78, 5) is 4.79. The summed E-state index contributed by atoms with van der Waals surface area (Å²) in [5.74, 6) is 0.625. The highest BCUT2D eigenvalue weighted by Gasteiger charge is 2.14. The Hall–Kier alpha value is -3.46. The van der Waals surface area contributed by atoms with Crippen LogP contribution in [0.5, 0.6) is 0 Å². The summed E-state index contributed by atoms with van der Waals surface area (Å²) in [6.07, 6.45) is 2.66. The summed E-state index contributed by atoms with van der Waals surface area (Å²) >= 11 is 0. The zero-order valence-corrected chi connectivity index (χ0v) is 14.9. The van der Waals surface area contributed by atoms with Crippen molar-refractivity contribution in [3.63, 3.8) is 0 Å². The zero-order chi connectivity index (χ0) is 18.8. The van der Waals surface area contributed by atoms with Gasteiger partial charge in [0.15, 0.2) is 0 Å². The van der Waals surface area contributed by atoms with E-state index in [-0.39, 0.29) is 5.82 Å². The second kappa shape index (κ2) is 7.04. The Morgan fingerprint density at radius 2 is 2.04 bits per heavy atom. The van der Waals surface area contributed by atoms with Gasteiger partial charge >= 0.3 is 0 Å². The molecule has 0 saturated heterocycles. The molecule has 0 radical (unpaired) electrons. The van der Waals surface area contributed by atoms with Gasteiger partial charge in [0.25, 0.3) is 0 Å². The van der Waals surface area contributed by atoms with Gasteiger partial charge in [-0.1, -0.05) is 12.1 Å². The molecule has 27 heavy (non-hydrogen) atoms. The first-order valence-electron chi connectivity index (χ1n) is 8.83. The highest BCUT2D eigenvalue weighted by atomic mass is 19.1. The first kappa shape index (κ1) is 17.0. The minimum atomic E-state index is -0.292.